The highest BCUT2D eigenvalue weighted by Gasteiger charge is 2.25. The topological polar surface area (TPSA) is 66.0 Å². The van der Waals surface area contributed by atoms with Gasteiger partial charge in [-0.2, -0.15) is 0 Å². The number of guanidine groups is 1. The van der Waals surface area contributed by atoms with Gasteiger partial charge in [0.2, 0.25) is 5.91 Å². The average Bonchev–Trinajstić information content (AvgIpc) is 3.28. The van der Waals surface area contributed by atoms with Crippen LogP contribution in [0.3, 0.4) is 0 Å². The highest BCUT2D eigenvalue weighted by atomic mass is 16.5. The zero-order valence-electron chi connectivity index (χ0n) is 15.2. The second-order valence-corrected chi connectivity index (χ2v) is 6.61. The van der Waals surface area contributed by atoms with Crippen molar-refractivity contribution in [3.8, 4) is 5.75 Å². The van der Waals surface area contributed by atoms with Crippen molar-refractivity contribution < 1.29 is 9.53 Å². The Hall–Kier alpha value is -2.24. The molecule has 2 aliphatic rings. The molecule has 6 heteroatoms. The molecule has 1 fully saturated rings. The molecule has 0 bridgehead atoms. The second-order valence-electron chi connectivity index (χ2n) is 6.61. The third-order valence-corrected chi connectivity index (χ3v) is 4.87. The van der Waals surface area contributed by atoms with Crippen LogP contribution in [0.25, 0.3) is 0 Å². The van der Waals surface area contributed by atoms with Crippen LogP contribution in [-0.4, -0.2) is 56.1 Å². The second kappa shape index (κ2) is 8.23. The van der Waals surface area contributed by atoms with E-state index < -0.39 is 0 Å². The van der Waals surface area contributed by atoms with Crippen LogP contribution in [0, 0.1) is 0 Å². The van der Waals surface area contributed by atoms with Crippen LogP contribution >= 0.6 is 0 Å². The average molecular weight is 344 g/mol. The summed E-state index contributed by atoms with van der Waals surface area (Å²) in [6.45, 7) is 5.13. The molecule has 0 aliphatic carbocycles. The van der Waals surface area contributed by atoms with Crippen molar-refractivity contribution >= 4 is 11.9 Å². The van der Waals surface area contributed by atoms with E-state index in [4.69, 9.17) is 4.74 Å². The fourth-order valence-electron chi connectivity index (χ4n) is 3.44. The number of amides is 1. The van der Waals surface area contributed by atoms with E-state index in [1.54, 1.807) is 7.05 Å². The fourth-order valence-corrected chi connectivity index (χ4v) is 3.44. The number of ether oxygens (including phenoxy) is 1. The zero-order valence-corrected chi connectivity index (χ0v) is 15.2. The third kappa shape index (κ3) is 4.44. The van der Waals surface area contributed by atoms with Gasteiger partial charge < -0.3 is 20.3 Å². The molecule has 6 nitrogen and oxygen atoms in total. The predicted octanol–water partition coefficient (Wildman–Crippen LogP) is 1.34. The third-order valence-electron chi connectivity index (χ3n) is 4.87. The Morgan fingerprint density at radius 1 is 1.44 bits per heavy atom. The van der Waals surface area contributed by atoms with Crippen LogP contribution in [0.4, 0.5) is 0 Å². The lowest BCUT2D eigenvalue weighted by Gasteiger charge is -2.18. The van der Waals surface area contributed by atoms with Crippen molar-refractivity contribution in [2.24, 2.45) is 4.99 Å². The summed E-state index contributed by atoms with van der Waals surface area (Å²) in [4.78, 5) is 18.0. The summed E-state index contributed by atoms with van der Waals surface area (Å²) in [5.74, 6) is 2.06. The summed E-state index contributed by atoms with van der Waals surface area (Å²) in [5.41, 5.74) is 2.62. The van der Waals surface area contributed by atoms with Gasteiger partial charge in [-0.05, 0) is 30.0 Å². The first-order valence-corrected chi connectivity index (χ1v) is 9.19. The van der Waals surface area contributed by atoms with Crippen LogP contribution in [0.5, 0.6) is 5.75 Å². The number of nitrogens with one attached hydrogen (secondary N) is 2. The SMILES string of the molecule is CCC(=O)N1CCC(NC(=NC)NCCc2ccc3c(c2)CCO3)C1. The van der Waals surface area contributed by atoms with Crippen molar-refractivity contribution in [1.82, 2.24) is 15.5 Å². The maximum Gasteiger partial charge on any atom is 0.222 e. The van der Waals surface area contributed by atoms with Gasteiger partial charge in [-0.15, -0.1) is 0 Å². The minimum Gasteiger partial charge on any atom is -0.493 e. The minimum atomic E-state index is 0.229. The Morgan fingerprint density at radius 2 is 2.32 bits per heavy atom. The van der Waals surface area contributed by atoms with Crippen molar-refractivity contribution in [2.45, 2.75) is 38.6 Å². The molecule has 3 rings (SSSR count). The van der Waals surface area contributed by atoms with E-state index >= 15 is 0 Å². The fraction of sp³-hybridized carbons (Fsp3) is 0.579. The number of nitrogens with zero attached hydrogens (tertiary/aromatic N) is 2. The van der Waals surface area contributed by atoms with E-state index in [1.807, 2.05) is 11.8 Å². The number of fused-ring (bicyclic) bond motifs is 1. The van der Waals surface area contributed by atoms with Crippen LogP contribution in [0.1, 0.15) is 30.9 Å². The molecule has 1 aromatic carbocycles. The summed E-state index contributed by atoms with van der Waals surface area (Å²) in [6.07, 6.45) is 3.50. The van der Waals surface area contributed by atoms with Crippen LogP contribution in [0.2, 0.25) is 0 Å². The number of carbonyl (C=O) groups is 1. The molecule has 1 aromatic rings. The first kappa shape index (κ1) is 17.6. The number of hydrogen-bond acceptors (Lipinski definition) is 3. The Bertz CT molecular complexity index is 644. The lowest BCUT2D eigenvalue weighted by atomic mass is 10.1. The molecule has 0 radical (unpaired) electrons. The first-order chi connectivity index (χ1) is 12.2. The molecular weight excluding hydrogens is 316 g/mol. The standard InChI is InChI=1S/C19H28N4O2/c1-3-18(24)23-10-7-16(13-23)22-19(20-2)21-9-6-14-4-5-17-15(12-14)8-11-25-17/h4-5,12,16H,3,6-11,13H2,1-2H3,(H2,20,21,22). The molecule has 0 saturated carbocycles. The molecule has 2 N–H and O–H groups in total. The Morgan fingerprint density at radius 3 is 3.12 bits per heavy atom. The first-order valence-electron chi connectivity index (χ1n) is 9.19. The number of rotatable bonds is 5. The lowest BCUT2D eigenvalue weighted by molar-refractivity contribution is -0.129. The Labute approximate surface area is 149 Å². The van der Waals surface area contributed by atoms with Crippen LogP contribution < -0.4 is 15.4 Å². The van der Waals surface area contributed by atoms with Gasteiger partial charge in [0.05, 0.1) is 6.61 Å². The lowest BCUT2D eigenvalue weighted by Crippen LogP contribution is -2.45. The summed E-state index contributed by atoms with van der Waals surface area (Å²) >= 11 is 0. The summed E-state index contributed by atoms with van der Waals surface area (Å²) in [5, 5.41) is 6.80. The van der Waals surface area contributed by atoms with E-state index in [9.17, 15) is 4.79 Å². The molecule has 1 amide bonds. The molecule has 136 valence electrons. The largest absolute Gasteiger partial charge is 0.493 e. The Balaban J connectivity index is 1.43. The highest BCUT2D eigenvalue weighted by Crippen LogP contribution is 2.25. The number of carbonyl (C=O) groups excluding carboxylic acids is 1. The van der Waals surface area contributed by atoms with E-state index in [-0.39, 0.29) is 11.9 Å². The Kier molecular flexibility index (Phi) is 5.79. The highest BCUT2D eigenvalue weighted by molar-refractivity contribution is 5.80. The molecule has 0 spiro atoms. The summed E-state index contributed by atoms with van der Waals surface area (Å²) < 4.78 is 5.55. The molecule has 25 heavy (non-hydrogen) atoms. The molecule has 1 unspecified atom stereocenters. The van der Waals surface area contributed by atoms with Gasteiger partial charge in [0.1, 0.15) is 5.75 Å². The molecule has 2 aliphatic heterocycles. The number of benzene rings is 1. The van der Waals surface area contributed by atoms with Gasteiger partial charge in [0.25, 0.3) is 0 Å². The zero-order chi connectivity index (χ0) is 17.6. The van der Waals surface area contributed by atoms with Crippen molar-refractivity contribution in [3.05, 3.63) is 29.3 Å². The number of aliphatic imine (C=N–C) groups is 1. The number of likely N-dealkylation sites (tertiary alicyclic amines) is 1. The van der Waals surface area contributed by atoms with Crippen molar-refractivity contribution in [1.29, 1.82) is 0 Å². The molecular formula is C19H28N4O2. The van der Waals surface area contributed by atoms with E-state index in [0.29, 0.717) is 6.42 Å². The van der Waals surface area contributed by atoms with Gasteiger partial charge >= 0.3 is 0 Å². The van der Waals surface area contributed by atoms with Crippen molar-refractivity contribution in [2.75, 3.05) is 33.3 Å². The van der Waals surface area contributed by atoms with Crippen molar-refractivity contribution in [3.63, 3.8) is 0 Å². The van der Waals surface area contributed by atoms with Gasteiger partial charge in [-0.3, -0.25) is 9.79 Å². The van der Waals surface area contributed by atoms with Crippen LogP contribution in [0.15, 0.2) is 23.2 Å². The van der Waals surface area contributed by atoms with Gasteiger partial charge in [0.15, 0.2) is 5.96 Å². The maximum atomic E-state index is 11.8. The monoisotopic (exact) mass is 344 g/mol. The smallest absolute Gasteiger partial charge is 0.222 e. The van der Waals surface area contributed by atoms with Gasteiger partial charge in [0, 0.05) is 45.6 Å². The summed E-state index contributed by atoms with van der Waals surface area (Å²) in [6, 6.07) is 6.72. The van der Waals surface area contributed by atoms with Gasteiger partial charge in [-0.1, -0.05) is 19.1 Å². The quantitative estimate of drug-likeness (QED) is 0.625. The van der Waals surface area contributed by atoms with E-state index in [0.717, 1.165) is 57.2 Å². The molecule has 1 saturated heterocycles. The predicted molar refractivity (Wildman–Crippen MR) is 99.1 cm³/mol. The molecule has 2 heterocycles. The number of hydrogen-bond donors (Lipinski definition) is 2. The van der Waals surface area contributed by atoms with Gasteiger partial charge in [-0.25, -0.2) is 0 Å². The van der Waals surface area contributed by atoms with E-state index in [1.165, 1.54) is 11.1 Å². The minimum absolute atomic E-state index is 0.229. The van der Waals surface area contributed by atoms with E-state index in [2.05, 4.69) is 33.8 Å². The molecule has 1 atom stereocenters. The normalized spacial score (nSPS) is 19.5. The molecule has 0 aromatic heterocycles. The summed E-state index contributed by atoms with van der Waals surface area (Å²) in [7, 11) is 1.78. The maximum absolute atomic E-state index is 11.8. The van der Waals surface area contributed by atoms with Crippen LogP contribution in [-0.2, 0) is 17.6 Å².